The second-order valence-corrected chi connectivity index (χ2v) is 9.06. The molecule has 2 aromatic rings. The van der Waals surface area contributed by atoms with Crippen molar-refractivity contribution >= 4 is 23.6 Å². The number of piperidine rings is 1. The summed E-state index contributed by atoms with van der Waals surface area (Å²) in [5, 5.41) is 9.70. The molecule has 0 radical (unpaired) electrons. The highest BCUT2D eigenvalue weighted by molar-refractivity contribution is 7.99. The molecule has 3 rings (SSSR count). The highest BCUT2D eigenvalue weighted by atomic mass is 32.2. The van der Waals surface area contributed by atoms with E-state index in [4.69, 9.17) is 4.74 Å². The van der Waals surface area contributed by atoms with Gasteiger partial charge in [-0.25, -0.2) is 0 Å². The summed E-state index contributed by atoms with van der Waals surface area (Å²) in [5.74, 6) is 2.01. The van der Waals surface area contributed by atoms with Crippen LogP contribution in [0.3, 0.4) is 0 Å². The van der Waals surface area contributed by atoms with Crippen LogP contribution in [-0.4, -0.2) is 63.6 Å². The number of amides is 1. The average Bonchev–Trinajstić information content (AvgIpc) is 3.16. The maximum Gasteiger partial charge on any atom is 0.233 e. The SMILES string of the molecule is COc1ccccc1-n1c(SCC(=O)N(C(C)C)C(C)C)nnc1N1CCCCC1. The number of aromatic nitrogens is 3. The molecule has 164 valence electrons. The van der Waals surface area contributed by atoms with Crippen LogP contribution in [-0.2, 0) is 4.79 Å². The summed E-state index contributed by atoms with van der Waals surface area (Å²) in [5.41, 5.74) is 0.894. The number of rotatable bonds is 8. The predicted octanol–water partition coefficient (Wildman–Crippen LogP) is 4.00. The summed E-state index contributed by atoms with van der Waals surface area (Å²) >= 11 is 1.43. The van der Waals surface area contributed by atoms with Crippen LogP contribution in [0.25, 0.3) is 5.69 Å². The number of ether oxygens (including phenoxy) is 1. The minimum absolute atomic E-state index is 0.110. The molecule has 30 heavy (non-hydrogen) atoms. The van der Waals surface area contributed by atoms with Crippen molar-refractivity contribution in [2.75, 3.05) is 30.9 Å². The molecule has 0 aliphatic carbocycles. The molecule has 1 aliphatic heterocycles. The number of methoxy groups -OCH3 is 1. The van der Waals surface area contributed by atoms with Crippen molar-refractivity contribution in [1.29, 1.82) is 0 Å². The van der Waals surface area contributed by atoms with Crippen LogP contribution < -0.4 is 9.64 Å². The van der Waals surface area contributed by atoms with Crippen molar-refractivity contribution in [2.24, 2.45) is 0 Å². The number of nitrogens with zero attached hydrogens (tertiary/aromatic N) is 5. The van der Waals surface area contributed by atoms with E-state index in [0.717, 1.165) is 43.3 Å². The van der Waals surface area contributed by atoms with Crippen molar-refractivity contribution in [1.82, 2.24) is 19.7 Å². The fourth-order valence-corrected chi connectivity index (χ4v) is 4.86. The van der Waals surface area contributed by atoms with Gasteiger partial charge in [0.25, 0.3) is 0 Å². The third kappa shape index (κ3) is 4.91. The first kappa shape index (κ1) is 22.5. The normalized spacial score (nSPS) is 14.4. The molecule has 8 heteroatoms. The fourth-order valence-electron chi connectivity index (χ4n) is 4.05. The summed E-state index contributed by atoms with van der Waals surface area (Å²) in [6, 6.07) is 8.21. The molecule has 1 aromatic heterocycles. The van der Waals surface area contributed by atoms with Crippen LogP contribution in [0.1, 0.15) is 47.0 Å². The van der Waals surface area contributed by atoms with Crippen molar-refractivity contribution in [3.8, 4) is 11.4 Å². The highest BCUT2D eigenvalue weighted by Crippen LogP contribution is 2.33. The Morgan fingerprint density at radius 1 is 1.10 bits per heavy atom. The third-order valence-corrected chi connectivity index (χ3v) is 6.22. The van der Waals surface area contributed by atoms with Gasteiger partial charge in [-0.1, -0.05) is 23.9 Å². The molecule has 0 atom stereocenters. The Morgan fingerprint density at radius 3 is 2.40 bits per heavy atom. The lowest BCUT2D eigenvalue weighted by molar-refractivity contribution is -0.131. The quantitative estimate of drug-likeness (QED) is 0.589. The Bertz CT molecular complexity index is 838. The average molecular weight is 432 g/mol. The number of carbonyl (C=O) groups is 1. The Labute approximate surface area is 183 Å². The second-order valence-electron chi connectivity index (χ2n) is 8.11. The zero-order chi connectivity index (χ0) is 21.7. The van der Waals surface area contributed by atoms with E-state index in [0.29, 0.717) is 10.9 Å². The van der Waals surface area contributed by atoms with Gasteiger partial charge in [0.15, 0.2) is 5.16 Å². The number of thioether (sulfide) groups is 1. The van der Waals surface area contributed by atoms with Gasteiger partial charge in [0.05, 0.1) is 18.6 Å². The lowest BCUT2D eigenvalue weighted by Gasteiger charge is -2.30. The van der Waals surface area contributed by atoms with Crippen LogP contribution in [0.4, 0.5) is 5.95 Å². The van der Waals surface area contributed by atoms with Crippen LogP contribution in [0.15, 0.2) is 29.4 Å². The Morgan fingerprint density at radius 2 is 1.77 bits per heavy atom. The molecule has 0 spiro atoms. The molecule has 0 saturated carbocycles. The van der Waals surface area contributed by atoms with Gasteiger partial charge in [-0.15, -0.1) is 10.2 Å². The summed E-state index contributed by atoms with van der Waals surface area (Å²) in [4.78, 5) is 17.1. The van der Waals surface area contributed by atoms with Crippen molar-refractivity contribution < 1.29 is 9.53 Å². The van der Waals surface area contributed by atoms with E-state index < -0.39 is 0 Å². The zero-order valence-electron chi connectivity index (χ0n) is 18.7. The Hall–Kier alpha value is -2.22. The first-order valence-corrected chi connectivity index (χ1v) is 11.7. The minimum Gasteiger partial charge on any atom is -0.495 e. The van der Waals surface area contributed by atoms with Gasteiger partial charge in [0.2, 0.25) is 11.9 Å². The van der Waals surface area contributed by atoms with Crippen LogP contribution in [0.2, 0.25) is 0 Å². The van der Waals surface area contributed by atoms with E-state index in [1.807, 2.05) is 61.4 Å². The van der Waals surface area contributed by atoms with E-state index in [9.17, 15) is 4.79 Å². The number of para-hydroxylation sites is 2. The lowest BCUT2D eigenvalue weighted by atomic mass is 10.1. The summed E-state index contributed by atoms with van der Waals surface area (Å²) in [6.45, 7) is 10.1. The highest BCUT2D eigenvalue weighted by Gasteiger charge is 2.25. The van der Waals surface area contributed by atoms with Crippen LogP contribution >= 0.6 is 11.8 Å². The van der Waals surface area contributed by atoms with Gasteiger partial charge in [-0.05, 0) is 59.1 Å². The van der Waals surface area contributed by atoms with Gasteiger partial charge >= 0.3 is 0 Å². The standard InChI is InChI=1S/C22H33N5O2S/c1-16(2)26(17(3)4)20(28)15-30-22-24-23-21(25-13-9-6-10-14-25)27(22)18-11-7-8-12-19(18)29-5/h7-8,11-12,16-17H,6,9-10,13-15H2,1-5H3. The molecule has 0 bridgehead atoms. The number of benzene rings is 1. The molecule has 7 nitrogen and oxygen atoms in total. The predicted molar refractivity (Wildman–Crippen MR) is 122 cm³/mol. The maximum absolute atomic E-state index is 12.9. The van der Waals surface area contributed by atoms with Gasteiger partial charge in [0.1, 0.15) is 5.75 Å². The molecule has 2 heterocycles. The fraction of sp³-hybridized carbons (Fsp3) is 0.591. The van der Waals surface area contributed by atoms with E-state index in [-0.39, 0.29) is 18.0 Å². The minimum atomic E-state index is 0.110. The van der Waals surface area contributed by atoms with E-state index in [2.05, 4.69) is 15.1 Å². The third-order valence-electron chi connectivity index (χ3n) is 5.31. The zero-order valence-corrected chi connectivity index (χ0v) is 19.5. The summed E-state index contributed by atoms with van der Waals surface area (Å²) in [7, 11) is 1.67. The smallest absolute Gasteiger partial charge is 0.233 e. The topological polar surface area (TPSA) is 63.5 Å². The van der Waals surface area contributed by atoms with Gasteiger partial charge < -0.3 is 14.5 Å². The Balaban J connectivity index is 1.93. The Kier molecular flexibility index (Phi) is 7.64. The number of carbonyl (C=O) groups excluding carboxylic acids is 1. The van der Waals surface area contributed by atoms with Crippen molar-refractivity contribution in [3.63, 3.8) is 0 Å². The second kappa shape index (κ2) is 10.2. The molecule has 1 saturated heterocycles. The van der Waals surface area contributed by atoms with Crippen molar-refractivity contribution in [3.05, 3.63) is 24.3 Å². The van der Waals surface area contributed by atoms with E-state index in [1.165, 1.54) is 18.2 Å². The molecule has 1 amide bonds. The molecule has 0 unspecified atom stereocenters. The molecule has 0 N–H and O–H groups in total. The maximum atomic E-state index is 12.9. The van der Waals surface area contributed by atoms with E-state index in [1.54, 1.807) is 7.11 Å². The molecule has 1 aromatic carbocycles. The van der Waals surface area contributed by atoms with Crippen molar-refractivity contribution in [2.45, 2.75) is 64.2 Å². The van der Waals surface area contributed by atoms with Crippen LogP contribution in [0.5, 0.6) is 5.75 Å². The van der Waals surface area contributed by atoms with Crippen LogP contribution in [0, 0.1) is 0 Å². The number of hydrogen-bond donors (Lipinski definition) is 0. The first-order valence-electron chi connectivity index (χ1n) is 10.7. The van der Waals surface area contributed by atoms with Gasteiger partial charge in [0, 0.05) is 25.2 Å². The monoisotopic (exact) mass is 431 g/mol. The number of anilines is 1. The molecule has 1 fully saturated rings. The largest absolute Gasteiger partial charge is 0.495 e. The van der Waals surface area contributed by atoms with Gasteiger partial charge in [-0.3, -0.25) is 9.36 Å². The first-order chi connectivity index (χ1) is 14.4. The summed E-state index contributed by atoms with van der Waals surface area (Å²) < 4.78 is 7.65. The number of hydrogen-bond acceptors (Lipinski definition) is 6. The molecule has 1 aliphatic rings. The van der Waals surface area contributed by atoms with E-state index >= 15 is 0 Å². The lowest BCUT2D eigenvalue weighted by Crippen LogP contribution is -2.43. The van der Waals surface area contributed by atoms with Gasteiger partial charge in [-0.2, -0.15) is 0 Å². The summed E-state index contributed by atoms with van der Waals surface area (Å²) in [6.07, 6.45) is 3.55. The molecular formula is C22H33N5O2S. The molecular weight excluding hydrogens is 398 g/mol.